The quantitative estimate of drug-likeness (QED) is 0.212. The molecule has 0 radical (unpaired) electrons. The number of amides is 3. The largest absolute Gasteiger partial charge is 0.339 e. The minimum atomic E-state index is -0.317. The molecule has 0 unspecified atom stereocenters. The van der Waals surface area contributed by atoms with Crippen molar-refractivity contribution < 1.29 is 9.59 Å². The molecule has 1 aliphatic heterocycles. The average molecular weight is 606 g/mol. The van der Waals surface area contributed by atoms with Crippen molar-refractivity contribution >= 4 is 23.4 Å². The first-order valence-electron chi connectivity index (χ1n) is 16.2. The molecule has 7 heteroatoms. The molecular formula is C38H47N5O2. The fourth-order valence-electron chi connectivity index (χ4n) is 5.83. The Kier molecular flexibility index (Phi) is 9.76. The standard InChI is InChI=1S/C38H47N5O2/c1-26(2)23-28-9-13-31(14-10-28)36(44)42-21-19-30(20-22-42)24-29-11-15-32(16-12-29)39-37(45)40-35-25-34(38(4,5)6)41-43(35)33-17-7-27(3)8-18-33/h7-18,25-26,30H,19-24H2,1-6H3,(H2,39,40,45). The number of rotatable bonds is 8. The molecule has 45 heavy (non-hydrogen) atoms. The number of aryl methyl sites for hydroxylation is 1. The summed E-state index contributed by atoms with van der Waals surface area (Å²) in [7, 11) is 0. The van der Waals surface area contributed by atoms with Gasteiger partial charge in [-0.15, -0.1) is 0 Å². The van der Waals surface area contributed by atoms with Crippen LogP contribution in [0.2, 0.25) is 0 Å². The fraction of sp³-hybridized carbons (Fsp3) is 0.395. The maximum absolute atomic E-state index is 13.1. The highest BCUT2D eigenvalue weighted by Gasteiger charge is 2.24. The number of likely N-dealkylation sites (tertiary alicyclic amines) is 1. The van der Waals surface area contributed by atoms with E-state index in [1.54, 1.807) is 4.68 Å². The maximum Gasteiger partial charge on any atom is 0.324 e. The number of aromatic nitrogens is 2. The first kappa shape index (κ1) is 32.0. The lowest BCUT2D eigenvalue weighted by Crippen LogP contribution is -2.38. The molecule has 4 aromatic rings. The van der Waals surface area contributed by atoms with Crippen molar-refractivity contribution in [3.63, 3.8) is 0 Å². The third kappa shape index (κ3) is 8.41. The highest BCUT2D eigenvalue weighted by atomic mass is 16.2. The van der Waals surface area contributed by atoms with Crippen LogP contribution < -0.4 is 10.6 Å². The molecule has 0 aliphatic carbocycles. The number of carbonyl (C=O) groups excluding carboxylic acids is 2. The smallest absolute Gasteiger partial charge is 0.324 e. The fourth-order valence-corrected chi connectivity index (χ4v) is 5.83. The van der Waals surface area contributed by atoms with Crippen molar-refractivity contribution in [2.45, 2.75) is 72.6 Å². The molecule has 1 aromatic heterocycles. The molecule has 3 amide bonds. The number of carbonyl (C=O) groups is 2. The molecule has 7 nitrogen and oxygen atoms in total. The summed E-state index contributed by atoms with van der Waals surface area (Å²) in [6.07, 6.45) is 3.98. The molecule has 0 spiro atoms. The second-order valence-corrected chi connectivity index (χ2v) is 13.9. The number of piperidine rings is 1. The van der Waals surface area contributed by atoms with Gasteiger partial charge in [-0.25, -0.2) is 9.48 Å². The molecular weight excluding hydrogens is 558 g/mol. The van der Waals surface area contributed by atoms with Crippen LogP contribution in [-0.4, -0.2) is 39.7 Å². The molecule has 2 heterocycles. The van der Waals surface area contributed by atoms with Crippen LogP contribution in [0.4, 0.5) is 16.3 Å². The first-order valence-corrected chi connectivity index (χ1v) is 16.2. The van der Waals surface area contributed by atoms with E-state index >= 15 is 0 Å². The van der Waals surface area contributed by atoms with Gasteiger partial charge in [0.15, 0.2) is 0 Å². The number of hydrogen-bond acceptors (Lipinski definition) is 3. The Labute approximate surface area is 268 Å². The Balaban J connectivity index is 1.13. The Morgan fingerprint density at radius 1 is 0.867 bits per heavy atom. The van der Waals surface area contributed by atoms with Gasteiger partial charge in [0.2, 0.25) is 0 Å². The van der Waals surface area contributed by atoms with Crippen molar-refractivity contribution in [1.82, 2.24) is 14.7 Å². The zero-order valence-electron chi connectivity index (χ0n) is 27.6. The molecule has 0 bridgehead atoms. The van der Waals surface area contributed by atoms with E-state index in [0.29, 0.717) is 17.7 Å². The predicted molar refractivity (Wildman–Crippen MR) is 183 cm³/mol. The van der Waals surface area contributed by atoms with Crippen LogP contribution in [0, 0.1) is 18.8 Å². The number of benzene rings is 3. The second-order valence-electron chi connectivity index (χ2n) is 13.9. The van der Waals surface area contributed by atoms with Crippen molar-refractivity contribution in [2.75, 3.05) is 23.7 Å². The van der Waals surface area contributed by atoms with E-state index in [9.17, 15) is 9.59 Å². The highest BCUT2D eigenvalue weighted by molar-refractivity contribution is 5.99. The second kappa shape index (κ2) is 13.7. The molecule has 0 saturated carbocycles. The zero-order chi connectivity index (χ0) is 32.1. The number of hydrogen-bond donors (Lipinski definition) is 2. The SMILES string of the molecule is Cc1ccc(-n2nc(C(C)(C)C)cc2NC(=O)Nc2ccc(CC3CCN(C(=O)c4ccc(CC(C)C)cc4)CC3)cc2)cc1. The Morgan fingerprint density at radius 3 is 2.09 bits per heavy atom. The minimum Gasteiger partial charge on any atom is -0.339 e. The van der Waals surface area contributed by atoms with Crippen LogP contribution >= 0.6 is 0 Å². The van der Waals surface area contributed by atoms with Gasteiger partial charge >= 0.3 is 6.03 Å². The van der Waals surface area contributed by atoms with E-state index in [1.807, 2.05) is 66.4 Å². The summed E-state index contributed by atoms with van der Waals surface area (Å²) >= 11 is 0. The van der Waals surface area contributed by atoms with E-state index in [1.165, 1.54) is 11.1 Å². The summed E-state index contributed by atoms with van der Waals surface area (Å²) in [5, 5.41) is 10.8. The van der Waals surface area contributed by atoms with Crippen molar-refractivity contribution in [1.29, 1.82) is 0 Å². The van der Waals surface area contributed by atoms with Gasteiger partial charge in [0.05, 0.1) is 11.4 Å². The number of anilines is 2. The number of nitrogens with zero attached hydrogens (tertiary/aromatic N) is 3. The Hall–Kier alpha value is -4.39. The monoisotopic (exact) mass is 605 g/mol. The normalized spacial score (nSPS) is 14.1. The maximum atomic E-state index is 13.1. The summed E-state index contributed by atoms with van der Waals surface area (Å²) < 4.78 is 1.78. The molecule has 5 rings (SSSR count). The number of nitrogens with one attached hydrogen (secondary N) is 2. The van der Waals surface area contributed by atoms with Crippen molar-refractivity contribution in [3.8, 4) is 5.69 Å². The predicted octanol–water partition coefficient (Wildman–Crippen LogP) is 8.42. The van der Waals surface area contributed by atoms with Crippen molar-refractivity contribution in [3.05, 3.63) is 107 Å². The first-order chi connectivity index (χ1) is 21.4. The van der Waals surface area contributed by atoms with Crippen LogP contribution in [0.25, 0.3) is 5.69 Å². The van der Waals surface area contributed by atoms with Crippen LogP contribution in [-0.2, 0) is 18.3 Å². The van der Waals surface area contributed by atoms with Crippen molar-refractivity contribution in [2.24, 2.45) is 11.8 Å². The molecule has 2 N–H and O–H groups in total. The van der Waals surface area contributed by atoms with Crippen LogP contribution in [0.15, 0.2) is 78.9 Å². The third-order valence-electron chi connectivity index (χ3n) is 8.48. The average Bonchev–Trinajstić information content (AvgIpc) is 3.43. The number of urea groups is 1. The molecule has 1 saturated heterocycles. The van der Waals surface area contributed by atoms with E-state index in [-0.39, 0.29) is 17.4 Å². The Morgan fingerprint density at radius 2 is 1.49 bits per heavy atom. The van der Waals surface area contributed by atoms with Gasteiger partial charge < -0.3 is 10.2 Å². The molecule has 1 fully saturated rings. The summed E-state index contributed by atoms with van der Waals surface area (Å²) in [6.45, 7) is 14.4. The lowest BCUT2D eigenvalue weighted by molar-refractivity contribution is 0.0690. The molecule has 1 aliphatic rings. The topological polar surface area (TPSA) is 79.3 Å². The minimum absolute atomic E-state index is 0.134. The van der Waals surface area contributed by atoms with Gasteiger partial charge in [-0.05, 0) is 92.0 Å². The van der Waals surface area contributed by atoms with Gasteiger partial charge in [-0.3, -0.25) is 10.1 Å². The van der Waals surface area contributed by atoms with Crippen LogP contribution in [0.5, 0.6) is 0 Å². The van der Waals surface area contributed by atoms with E-state index < -0.39 is 0 Å². The van der Waals surface area contributed by atoms with Gasteiger partial charge in [0.1, 0.15) is 5.82 Å². The van der Waals surface area contributed by atoms with E-state index in [4.69, 9.17) is 5.10 Å². The van der Waals surface area contributed by atoms with E-state index in [2.05, 4.69) is 69.5 Å². The summed E-state index contributed by atoms with van der Waals surface area (Å²) in [5.74, 6) is 1.88. The van der Waals surface area contributed by atoms with Crippen LogP contribution in [0.1, 0.15) is 80.2 Å². The zero-order valence-corrected chi connectivity index (χ0v) is 27.6. The lowest BCUT2D eigenvalue weighted by atomic mass is 9.90. The summed E-state index contributed by atoms with van der Waals surface area (Å²) in [6, 6.07) is 25.9. The summed E-state index contributed by atoms with van der Waals surface area (Å²) in [4.78, 5) is 28.1. The van der Waals surface area contributed by atoms with E-state index in [0.717, 1.165) is 67.0 Å². The Bertz CT molecular complexity index is 1590. The van der Waals surface area contributed by atoms with Gasteiger partial charge in [-0.2, -0.15) is 5.10 Å². The lowest BCUT2D eigenvalue weighted by Gasteiger charge is -2.32. The molecule has 0 atom stereocenters. The highest BCUT2D eigenvalue weighted by Crippen LogP contribution is 2.27. The van der Waals surface area contributed by atoms with Gasteiger partial charge in [0.25, 0.3) is 5.91 Å². The molecule has 3 aromatic carbocycles. The molecule has 236 valence electrons. The third-order valence-corrected chi connectivity index (χ3v) is 8.48. The van der Waals surface area contributed by atoms with Crippen LogP contribution in [0.3, 0.4) is 0 Å². The van der Waals surface area contributed by atoms with Gasteiger partial charge in [0, 0.05) is 35.8 Å². The summed E-state index contributed by atoms with van der Waals surface area (Å²) in [5.41, 5.74) is 6.81. The van der Waals surface area contributed by atoms with Gasteiger partial charge in [-0.1, -0.05) is 76.6 Å².